The Morgan fingerprint density at radius 3 is 2.56 bits per heavy atom. The highest BCUT2D eigenvalue weighted by molar-refractivity contribution is 7.74. The van der Waals surface area contributed by atoms with Crippen molar-refractivity contribution in [3.05, 3.63) is 28.3 Å². The lowest BCUT2D eigenvalue weighted by atomic mass is 10.2. The van der Waals surface area contributed by atoms with Crippen LogP contribution in [0, 0.1) is 10.1 Å². The Hall–Kier alpha value is -1.67. The third-order valence-corrected chi connectivity index (χ3v) is 2.12. The highest BCUT2D eigenvalue weighted by Crippen LogP contribution is 2.31. The molecule has 8 heteroatoms. The highest BCUT2D eigenvalue weighted by Gasteiger charge is 2.14. The maximum Gasteiger partial charge on any atom is 0.357 e. The summed E-state index contributed by atoms with van der Waals surface area (Å²) in [6.45, 7) is 0. The molecule has 0 saturated carbocycles. The zero-order chi connectivity index (χ0) is 12.3. The molecule has 1 N–H and O–H groups in total. The van der Waals surface area contributed by atoms with Crippen LogP contribution in [-0.2, 0) is 11.4 Å². The van der Waals surface area contributed by atoms with E-state index in [0.29, 0.717) is 5.69 Å². The SMILES string of the molecule is CN(C)c1ccc([N+](=O)[O-])cc1OS(=O)O. The molecule has 0 aliphatic rings. The second-order valence-electron chi connectivity index (χ2n) is 3.10. The lowest BCUT2D eigenvalue weighted by Crippen LogP contribution is -2.11. The molecule has 1 atom stereocenters. The molecule has 1 unspecified atom stereocenters. The van der Waals surface area contributed by atoms with Crippen LogP contribution in [0.5, 0.6) is 5.75 Å². The van der Waals surface area contributed by atoms with Crippen LogP contribution in [0.25, 0.3) is 0 Å². The molecule has 0 saturated heterocycles. The Morgan fingerprint density at radius 2 is 2.12 bits per heavy atom. The van der Waals surface area contributed by atoms with Gasteiger partial charge in [0.25, 0.3) is 5.69 Å². The molecule has 0 bridgehead atoms. The van der Waals surface area contributed by atoms with E-state index in [1.807, 2.05) is 0 Å². The summed E-state index contributed by atoms with van der Waals surface area (Å²) >= 11 is -2.51. The molecular weight excluding hydrogens is 236 g/mol. The summed E-state index contributed by atoms with van der Waals surface area (Å²) in [4.78, 5) is 11.5. The predicted molar refractivity (Wildman–Crippen MR) is 58.8 cm³/mol. The Morgan fingerprint density at radius 1 is 1.50 bits per heavy atom. The fourth-order valence-electron chi connectivity index (χ4n) is 1.13. The molecule has 0 aliphatic heterocycles. The molecule has 88 valence electrons. The van der Waals surface area contributed by atoms with E-state index in [1.165, 1.54) is 12.1 Å². The number of benzene rings is 1. The average molecular weight is 246 g/mol. The summed E-state index contributed by atoms with van der Waals surface area (Å²) in [5.74, 6) is -0.0139. The predicted octanol–water partition coefficient (Wildman–Crippen LogP) is 1.18. The van der Waals surface area contributed by atoms with Crippen molar-refractivity contribution in [3.8, 4) is 5.75 Å². The molecule has 0 spiro atoms. The van der Waals surface area contributed by atoms with E-state index in [1.54, 1.807) is 19.0 Å². The van der Waals surface area contributed by atoms with Crippen molar-refractivity contribution in [1.82, 2.24) is 0 Å². The molecule has 0 fully saturated rings. The van der Waals surface area contributed by atoms with Crippen LogP contribution in [0.15, 0.2) is 18.2 Å². The second-order valence-corrected chi connectivity index (χ2v) is 3.70. The first kappa shape index (κ1) is 12.4. The van der Waals surface area contributed by atoms with E-state index >= 15 is 0 Å². The number of anilines is 1. The van der Waals surface area contributed by atoms with Crippen LogP contribution in [0.1, 0.15) is 0 Å². The van der Waals surface area contributed by atoms with Crippen molar-refractivity contribution in [2.45, 2.75) is 0 Å². The fraction of sp³-hybridized carbons (Fsp3) is 0.250. The number of nitro benzene ring substituents is 1. The standard InChI is InChI=1S/C8H10N2O5S/c1-9(2)7-4-3-6(10(11)12)5-8(7)15-16(13)14/h3-5H,1-2H3,(H,13,14). The number of rotatable bonds is 4. The maximum absolute atomic E-state index is 10.5. The van der Waals surface area contributed by atoms with Crippen LogP contribution in [0.3, 0.4) is 0 Å². The van der Waals surface area contributed by atoms with Gasteiger partial charge in [0.1, 0.15) is 0 Å². The number of nitrogens with zero attached hydrogens (tertiary/aromatic N) is 2. The number of non-ortho nitro benzene ring substituents is 1. The minimum atomic E-state index is -2.51. The zero-order valence-electron chi connectivity index (χ0n) is 8.61. The van der Waals surface area contributed by atoms with Crippen molar-refractivity contribution in [3.63, 3.8) is 0 Å². The lowest BCUT2D eigenvalue weighted by molar-refractivity contribution is -0.384. The van der Waals surface area contributed by atoms with E-state index in [4.69, 9.17) is 4.55 Å². The molecule has 1 aromatic carbocycles. The summed E-state index contributed by atoms with van der Waals surface area (Å²) in [6, 6.07) is 3.84. The Kier molecular flexibility index (Phi) is 3.80. The highest BCUT2D eigenvalue weighted by atomic mass is 32.2. The monoisotopic (exact) mass is 246 g/mol. The molecular formula is C8H10N2O5S. The van der Waals surface area contributed by atoms with E-state index in [2.05, 4.69) is 4.18 Å². The van der Waals surface area contributed by atoms with Crippen molar-refractivity contribution in [2.24, 2.45) is 0 Å². The maximum atomic E-state index is 10.5. The second kappa shape index (κ2) is 4.90. The van der Waals surface area contributed by atoms with E-state index in [9.17, 15) is 14.3 Å². The first-order valence-electron chi connectivity index (χ1n) is 4.16. The van der Waals surface area contributed by atoms with E-state index < -0.39 is 16.3 Å². The molecule has 1 aromatic rings. The van der Waals surface area contributed by atoms with Crippen LogP contribution in [-0.4, -0.2) is 27.8 Å². The number of hydrogen-bond acceptors (Lipinski definition) is 5. The molecule has 0 radical (unpaired) electrons. The Labute approximate surface area is 94.3 Å². The summed E-state index contributed by atoms with van der Waals surface area (Å²) in [5, 5.41) is 10.5. The van der Waals surface area contributed by atoms with Gasteiger partial charge < -0.3 is 9.08 Å². The van der Waals surface area contributed by atoms with Gasteiger partial charge >= 0.3 is 11.4 Å². The molecule has 16 heavy (non-hydrogen) atoms. The van der Waals surface area contributed by atoms with Gasteiger partial charge in [0, 0.05) is 20.2 Å². The van der Waals surface area contributed by atoms with Crippen LogP contribution >= 0.6 is 0 Å². The minimum Gasteiger partial charge on any atom is -0.378 e. The molecule has 7 nitrogen and oxygen atoms in total. The van der Waals surface area contributed by atoms with Crippen molar-refractivity contribution < 1.29 is 17.9 Å². The quantitative estimate of drug-likeness (QED) is 0.487. The minimum absolute atomic E-state index is 0.0139. The summed E-state index contributed by atoms with van der Waals surface area (Å²) < 4.78 is 23.7. The van der Waals surface area contributed by atoms with Gasteiger partial charge in [0.05, 0.1) is 16.7 Å². The molecule has 0 aromatic heterocycles. The van der Waals surface area contributed by atoms with E-state index in [0.717, 1.165) is 6.07 Å². The van der Waals surface area contributed by atoms with Gasteiger partial charge in [-0.3, -0.25) is 14.7 Å². The molecule has 0 aliphatic carbocycles. The zero-order valence-corrected chi connectivity index (χ0v) is 9.43. The van der Waals surface area contributed by atoms with Crippen molar-refractivity contribution >= 4 is 22.7 Å². The normalized spacial score (nSPS) is 11.9. The van der Waals surface area contributed by atoms with Crippen molar-refractivity contribution in [2.75, 3.05) is 19.0 Å². The van der Waals surface area contributed by atoms with Crippen molar-refractivity contribution in [1.29, 1.82) is 0 Å². The lowest BCUT2D eigenvalue weighted by Gasteiger charge is -2.15. The summed E-state index contributed by atoms with van der Waals surface area (Å²) in [6.07, 6.45) is 0. The van der Waals surface area contributed by atoms with E-state index in [-0.39, 0.29) is 11.4 Å². The van der Waals surface area contributed by atoms with Gasteiger partial charge in [-0.05, 0) is 6.07 Å². The van der Waals surface area contributed by atoms with Crippen LogP contribution < -0.4 is 9.08 Å². The van der Waals surface area contributed by atoms with Gasteiger partial charge in [-0.2, -0.15) is 4.21 Å². The Balaban J connectivity index is 3.20. The molecule has 1 rings (SSSR count). The first-order chi connectivity index (χ1) is 7.41. The summed E-state index contributed by atoms with van der Waals surface area (Å²) in [5.41, 5.74) is 0.277. The molecule has 0 heterocycles. The topological polar surface area (TPSA) is 92.9 Å². The number of nitro groups is 1. The van der Waals surface area contributed by atoms with Crippen LogP contribution in [0.4, 0.5) is 11.4 Å². The third kappa shape index (κ3) is 2.91. The summed E-state index contributed by atoms with van der Waals surface area (Å²) in [7, 11) is 3.38. The fourth-order valence-corrected chi connectivity index (χ4v) is 1.42. The van der Waals surface area contributed by atoms with Gasteiger partial charge in [-0.1, -0.05) is 0 Å². The van der Waals surface area contributed by atoms with Gasteiger partial charge in [-0.15, -0.1) is 0 Å². The smallest absolute Gasteiger partial charge is 0.357 e. The number of hydrogen-bond donors (Lipinski definition) is 1. The molecule has 0 amide bonds. The van der Waals surface area contributed by atoms with Gasteiger partial charge in [0.15, 0.2) is 5.75 Å². The van der Waals surface area contributed by atoms with Crippen LogP contribution in [0.2, 0.25) is 0 Å². The van der Waals surface area contributed by atoms with Gasteiger partial charge in [-0.25, -0.2) is 0 Å². The van der Waals surface area contributed by atoms with Gasteiger partial charge in [0.2, 0.25) is 0 Å². The average Bonchev–Trinajstić information content (AvgIpc) is 2.15. The first-order valence-corrected chi connectivity index (χ1v) is 5.20. The third-order valence-electron chi connectivity index (χ3n) is 1.80. The Bertz CT molecular complexity index is 434. The largest absolute Gasteiger partial charge is 0.378 e.